The third kappa shape index (κ3) is 3.75. The summed E-state index contributed by atoms with van der Waals surface area (Å²) in [5.41, 5.74) is 1.28. The van der Waals surface area contributed by atoms with Gasteiger partial charge in [-0.2, -0.15) is 0 Å². The molecule has 1 aromatic rings. The number of hydrogen-bond acceptors (Lipinski definition) is 3. The highest BCUT2D eigenvalue weighted by Gasteiger charge is 2.22. The number of rotatable bonds is 5. The first-order valence-corrected chi connectivity index (χ1v) is 8.61. The Morgan fingerprint density at radius 2 is 1.88 bits per heavy atom. The summed E-state index contributed by atoms with van der Waals surface area (Å²) < 4.78 is 0. The zero-order chi connectivity index (χ0) is 16.9. The molecule has 3 amide bonds. The van der Waals surface area contributed by atoms with Crippen LogP contribution in [0.3, 0.4) is 0 Å². The molecule has 0 unspecified atom stereocenters. The highest BCUT2D eigenvalue weighted by Crippen LogP contribution is 2.22. The van der Waals surface area contributed by atoms with E-state index in [1.54, 1.807) is 23.1 Å². The Morgan fingerprint density at radius 1 is 1.08 bits per heavy atom. The van der Waals surface area contributed by atoms with Gasteiger partial charge in [-0.25, -0.2) is 0 Å². The van der Waals surface area contributed by atoms with Crippen LogP contribution in [0.15, 0.2) is 24.3 Å². The molecule has 2 aliphatic rings. The standard InChI is InChI=1S/C18H23N3O3/c22-16(20-10-1-2-11-20)8-9-19-18(24)14-5-3-6-15(13-14)21-12-4-7-17(21)23/h3,5-6,13H,1-2,4,7-12H2,(H,19,24). The van der Waals surface area contributed by atoms with Crippen LogP contribution in [0.4, 0.5) is 5.69 Å². The van der Waals surface area contributed by atoms with Crippen molar-refractivity contribution in [2.75, 3.05) is 31.1 Å². The Hall–Kier alpha value is -2.37. The SMILES string of the molecule is O=C(NCCC(=O)N1CCCC1)c1cccc(N2CCCC2=O)c1. The van der Waals surface area contributed by atoms with Gasteiger partial charge in [0.1, 0.15) is 0 Å². The molecule has 128 valence electrons. The Balaban J connectivity index is 1.53. The van der Waals surface area contributed by atoms with Crippen LogP contribution in [0.2, 0.25) is 0 Å². The van der Waals surface area contributed by atoms with E-state index in [2.05, 4.69) is 5.32 Å². The first-order valence-electron chi connectivity index (χ1n) is 8.61. The monoisotopic (exact) mass is 329 g/mol. The molecular weight excluding hydrogens is 306 g/mol. The molecule has 1 N–H and O–H groups in total. The van der Waals surface area contributed by atoms with Gasteiger partial charge in [0.25, 0.3) is 5.91 Å². The molecule has 2 heterocycles. The van der Waals surface area contributed by atoms with E-state index in [0.717, 1.165) is 38.0 Å². The maximum atomic E-state index is 12.3. The first-order chi connectivity index (χ1) is 11.6. The molecule has 0 radical (unpaired) electrons. The third-order valence-corrected chi connectivity index (χ3v) is 4.58. The van der Waals surface area contributed by atoms with E-state index >= 15 is 0 Å². The third-order valence-electron chi connectivity index (χ3n) is 4.58. The van der Waals surface area contributed by atoms with Crippen LogP contribution in [0.1, 0.15) is 42.5 Å². The van der Waals surface area contributed by atoms with E-state index in [0.29, 0.717) is 31.5 Å². The van der Waals surface area contributed by atoms with Gasteiger partial charge in [0, 0.05) is 50.3 Å². The van der Waals surface area contributed by atoms with Crippen molar-refractivity contribution in [1.82, 2.24) is 10.2 Å². The minimum absolute atomic E-state index is 0.101. The minimum Gasteiger partial charge on any atom is -0.352 e. The topological polar surface area (TPSA) is 69.7 Å². The maximum Gasteiger partial charge on any atom is 0.251 e. The number of likely N-dealkylation sites (tertiary alicyclic amines) is 1. The van der Waals surface area contributed by atoms with E-state index in [4.69, 9.17) is 0 Å². The van der Waals surface area contributed by atoms with Crippen LogP contribution < -0.4 is 10.2 Å². The van der Waals surface area contributed by atoms with Crippen LogP contribution in [0, 0.1) is 0 Å². The largest absolute Gasteiger partial charge is 0.352 e. The summed E-state index contributed by atoms with van der Waals surface area (Å²) in [5, 5.41) is 2.79. The van der Waals surface area contributed by atoms with Gasteiger partial charge in [-0.3, -0.25) is 14.4 Å². The van der Waals surface area contributed by atoms with Crippen molar-refractivity contribution >= 4 is 23.4 Å². The van der Waals surface area contributed by atoms with Gasteiger partial charge in [0.2, 0.25) is 11.8 Å². The molecule has 0 bridgehead atoms. The molecule has 0 spiro atoms. The first kappa shape index (κ1) is 16.5. The molecule has 24 heavy (non-hydrogen) atoms. The molecule has 2 saturated heterocycles. The van der Waals surface area contributed by atoms with Crippen LogP contribution in [-0.4, -0.2) is 48.8 Å². The molecule has 0 aromatic heterocycles. The van der Waals surface area contributed by atoms with Crippen molar-refractivity contribution in [1.29, 1.82) is 0 Å². The van der Waals surface area contributed by atoms with E-state index < -0.39 is 0 Å². The van der Waals surface area contributed by atoms with E-state index in [1.165, 1.54) is 0 Å². The van der Waals surface area contributed by atoms with Crippen molar-refractivity contribution in [2.45, 2.75) is 32.1 Å². The van der Waals surface area contributed by atoms with Crippen LogP contribution in [0.5, 0.6) is 0 Å². The summed E-state index contributed by atoms with van der Waals surface area (Å²) >= 11 is 0. The fraction of sp³-hybridized carbons (Fsp3) is 0.500. The highest BCUT2D eigenvalue weighted by atomic mass is 16.2. The van der Waals surface area contributed by atoms with E-state index in [1.807, 2.05) is 11.0 Å². The number of anilines is 1. The molecular formula is C18H23N3O3. The fourth-order valence-corrected chi connectivity index (χ4v) is 3.25. The lowest BCUT2D eigenvalue weighted by Gasteiger charge is -2.17. The molecule has 2 aliphatic heterocycles. The Labute approximate surface area is 141 Å². The Bertz CT molecular complexity index is 638. The molecule has 1 aromatic carbocycles. The van der Waals surface area contributed by atoms with Crippen molar-refractivity contribution in [3.05, 3.63) is 29.8 Å². The van der Waals surface area contributed by atoms with Crippen LogP contribution >= 0.6 is 0 Å². The second-order valence-electron chi connectivity index (χ2n) is 6.29. The predicted molar refractivity (Wildman–Crippen MR) is 90.8 cm³/mol. The molecule has 2 fully saturated rings. The number of carbonyl (C=O) groups excluding carboxylic acids is 3. The van der Waals surface area contributed by atoms with Crippen LogP contribution in [0.25, 0.3) is 0 Å². The van der Waals surface area contributed by atoms with Gasteiger partial charge in [-0.1, -0.05) is 6.07 Å². The molecule has 0 atom stereocenters. The van der Waals surface area contributed by atoms with Gasteiger partial charge in [-0.15, -0.1) is 0 Å². The summed E-state index contributed by atoms with van der Waals surface area (Å²) in [6.45, 7) is 2.70. The van der Waals surface area contributed by atoms with Gasteiger partial charge in [-0.05, 0) is 37.5 Å². The van der Waals surface area contributed by atoms with Gasteiger partial charge in [0.15, 0.2) is 0 Å². The molecule has 6 nitrogen and oxygen atoms in total. The van der Waals surface area contributed by atoms with Crippen molar-refractivity contribution in [3.8, 4) is 0 Å². The quantitative estimate of drug-likeness (QED) is 0.891. The van der Waals surface area contributed by atoms with Gasteiger partial charge in [0.05, 0.1) is 0 Å². The summed E-state index contributed by atoms with van der Waals surface area (Å²) in [7, 11) is 0. The van der Waals surface area contributed by atoms with Crippen molar-refractivity contribution < 1.29 is 14.4 Å². The average Bonchev–Trinajstić information content (AvgIpc) is 3.26. The number of benzene rings is 1. The Morgan fingerprint density at radius 3 is 2.58 bits per heavy atom. The van der Waals surface area contributed by atoms with Crippen molar-refractivity contribution in [3.63, 3.8) is 0 Å². The molecule has 3 rings (SSSR count). The van der Waals surface area contributed by atoms with Gasteiger partial charge >= 0.3 is 0 Å². The summed E-state index contributed by atoms with van der Waals surface area (Å²) in [5.74, 6) is -0.00861. The van der Waals surface area contributed by atoms with Gasteiger partial charge < -0.3 is 15.1 Å². The highest BCUT2D eigenvalue weighted by molar-refractivity contribution is 5.99. The fourth-order valence-electron chi connectivity index (χ4n) is 3.25. The zero-order valence-corrected chi connectivity index (χ0v) is 13.8. The second kappa shape index (κ2) is 7.47. The zero-order valence-electron chi connectivity index (χ0n) is 13.8. The average molecular weight is 329 g/mol. The lowest BCUT2D eigenvalue weighted by molar-refractivity contribution is -0.130. The normalized spacial score (nSPS) is 17.4. The van der Waals surface area contributed by atoms with Crippen LogP contribution in [-0.2, 0) is 9.59 Å². The van der Waals surface area contributed by atoms with Crippen molar-refractivity contribution in [2.24, 2.45) is 0 Å². The Kier molecular flexibility index (Phi) is 5.13. The molecule has 0 aliphatic carbocycles. The maximum absolute atomic E-state index is 12.3. The number of carbonyl (C=O) groups is 3. The summed E-state index contributed by atoms with van der Waals surface area (Å²) in [6.07, 6.45) is 3.89. The smallest absolute Gasteiger partial charge is 0.251 e. The molecule has 0 saturated carbocycles. The lowest BCUT2D eigenvalue weighted by atomic mass is 10.1. The minimum atomic E-state index is -0.210. The molecule has 6 heteroatoms. The number of hydrogen-bond donors (Lipinski definition) is 1. The number of nitrogens with zero attached hydrogens (tertiary/aromatic N) is 2. The summed E-state index contributed by atoms with van der Waals surface area (Å²) in [6, 6.07) is 7.09. The lowest BCUT2D eigenvalue weighted by Crippen LogP contribution is -2.32. The van der Waals surface area contributed by atoms with E-state index in [9.17, 15) is 14.4 Å². The predicted octanol–water partition coefficient (Wildman–Crippen LogP) is 1.56. The summed E-state index contributed by atoms with van der Waals surface area (Å²) in [4.78, 5) is 39.6. The number of nitrogens with one attached hydrogen (secondary N) is 1. The number of amides is 3. The second-order valence-corrected chi connectivity index (χ2v) is 6.29. The van der Waals surface area contributed by atoms with E-state index in [-0.39, 0.29) is 17.7 Å².